The molecule has 0 aromatic carbocycles. The van der Waals surface area contributed by atoms with Crippen LogP contribution in [-0.2, 0) is 4.79 Å². The summed E-state index contributed by atoms with van der Waals surface area (Å²) in [5.74, 6) is 1.68. The van der Waals surface area contributed by atoms with Crippen LogP contribution in [-0.4, -0.2) is 25.5 Å². The maximum atomic E-state index is 11.7. The molecule has 1 aliphatic carbocycles. The predicted molar refractivity (Wildman–Crippen MR) is 71.9 cm³/mol. The summed E-state index contributed by atoms with van der Waals surface area (Å²) in [6, 6.07) is 0. The monoisotopic (exact) mass is 240 g/mol. The van der Waals surface area contributed by atoms with Crippen molar-refractivity contribution >= 4 is 5.91 Å². The summed E-state index contributed by atoms with van der Waals surface area (Å²) in [6.45, 7) is 7.15. The lowest BCUT2D eigenvalue weighted by molar-refractivity contribution is -0.122. The van der Waals surface area contributed by atoms with Gasteiger partial charge in [0, 0.05) is 19.5 Å². The maximum absolute atomic E-state index is 11.7. The first-order chi connectivity index (χ1) is 8.22. The fourth-order valence-corrected chi connectivity index (χ4v) is 2.67. The van der Waals surface area contributed by atoms with Gasteiger partial charge in [0.25, 0.3) is 0 Å². The molecule has 1 rings (SSSR count). The van der Waals surface area contributed by atoms with E-state index in [2.05, 4.69) is 24.5 Å². The fourth-order valence-electron chi connectivity index (χ4n) is 2.67. The Morgan fingerprint density at radius 1 is 1.24 bits per heavy atom. The fraction of sp³-hybridized carbons (Fsp3) is 0.929. The zero-order chi connectivity index (χ0) is 12.5. The van der Waals surface area contributed by atoms with Gasteiger partial charge in [-0.2, -0.15) is 0 Å². The third-order valence-electron chi connectivity index (χ3n) is 3.57. The van der Waals surface area contributed by atoms with Gasteiger partial charge in [0.1, 0.15) is 0 Å². The Morgan fingerprint density at radius 2 is 2.06 bits per heavy atom. The summed E-state index contributed by atoms with van der Waals surface area (Å²) in [7, 11) is 0. The van der Waals surface area contributed by atoms with Crippen molar-refractivity contribution in [3.8, 4) is 0 Å². The molecule has 0 aromatic heterocycles. The van der Waals surface area contributed by atoms with Gasteiger partial charge in [0.2, 0.25) is 5.91 Å². The minimum Gasteiger partial charge on any atom is -0.355 e. The normalized spacial score (nSPS) is 24.6. The molecular formula is C14H28N2O. The number of amides is 1. The van der Waals surface area contributed by atoms with E-state index in [1.54, 1.807) is 0 Å². The number of hydrogen-bond acceptors (Lipinski definition) is 2. The molecule has 0 aromatic rings. The lowest BCUT2D eigenvalue weighted by Gasteiger charge is -2.26. The Kier molecular flexibility index (Phi) is 7.25. The summed E-state index contributed by atoms with van der Waals surface area (Å²) in [6.07, 6.45) is 7.01. The van der Waals surface area contributed by atoms with Crippen LogP contribution in [0.1, 0.15) is 52.4 Å². The van der Waals surface area contributed by atoms with E-state index in [9.17, 15) is 4.79 Å². The number of carbonyl (C=O) groups excluding carboxylic acids is 1. The van der Waals surface area contributed by atoms with Gasteiger partial charge in [-0.25, -0.2) is 0 Å². The molecule has 2 N–H and O–H groups in total. The molecule has 0 heterocycles. The van der Waals surface area contributed by atoms with Crippen LogP contribution in [0.15, 0.2) is 0 Å². The molecule has 0 saturated heterocycles. The smallest absolute Gasteiger partial charge is 0.220 e. The average Bonchev–Trinajstić information content (AvgIpc) is 2.29. The molecule has 1 amide bonds. The summed E-state index contributed by atoms with van der Waals surface area (Å²) >= 11 is 0. The van der Waals surface area contributed by atoms with Crippen LogP contribution in [0.25, 0.3) is 0 Å². The first kappa shape index (κ1) is 14.5. The Morgan fingerprint density at radius 3 is 2.76 bits per heavy atom. The van der Waals surface area contributed by atoms with Crippen LogP contribution in [0.4, 0.5) is 0 Å². The molecule has 1 fully saturated rings. The van der Waals surface area contributed by atoms with Crippen molar-refractivity contribution in [2.24, 2.45) is 11.8 Å². The second-order valence-corrected chi connectivity index (χ2v) is 5.44. The Labute approximate surface area is 106 Å². The first-order valence-electron chi connectivity index (χ1n) is 7.19. The van der Waals surface area contributed by atoms with Crippen molar-refractivity contribution in [2.75, 3.05) is 19.6 Å². The highest BCUT2D eigenvalue weighted by Crippen LogP contribution is 2.30. The molecule has 3 heteroatoms. The highest BCUT2D eigenvalue weighted by atomic mass is 16.1. The molecule has 3 nitrogen and oxygen atoms in total. The molecular weight excluding hydrogens is 212 g/mol. The average molecular weight is 240 g/mol. The lowest BCUT2D eigenvalue weighted by atomic mass is 9.81. The maximum Gasteiger partial charge on any atom is 0.220 e. The van der Waals surface area contributed by atoms with Crippen LogP contribution < -0.4 is 10.6 Å². The van der Waals surface area contributed by atoms with Gasteiger partial charge in [-0.05, 0) is 37.6 Å². The molecule has 0 aliphatic heterocycles. The molecule has 100 valence electrons. The molecule has 0 spiro atoms. The van der Waals surface area contributed by atoms with Crippen LogP contribution in [0.2, 0.25) is 0 Å². The standard InChI is InChI=1S/C14H28N2O/c1-3-7-15-8-9-16-14(17)11-13-6-4-5-12(2)10-13/h12-13,15H,3-11H2,1-2H3,(H,16,17). The van der Waals surface area contributed by atoms with E-state index >= 15 is 0 Å². The number of carbonyl (C=O) groups is 1. The Balaban J connectivity index is 2.04. The third kappa shape index (κ3) is 6.67. The quantitative estimate of drug-likeness (QED) is 0.671. The highest BCUT2D eigenvalue weighted by Gasteiger charge is 2.20. The van der Waals surface area contributed by atoms with Crippen LogP contribution in [0, 0.1) is 11.8 Å². The lowest BCUT2D eigenvalue weighted by Crippen LogP contribution is -2.33. The van der Waals surface area contributed by atoms with Gasteiger partial charge in [-0.1, -0.05) is 26.7 Å². The van der Waals surface area contributed by atoms with Crippen molar-refractivity contribution in [2.45, 2.75) is 52.4 Å². The largest absolute Gasteiger partial charge is 0.355 e. The molecule has 1 aliphatic rings. The second kappa shape index (κ2) is 8.51. The van der Waals surface area contributed by atoms with Gasteiger partial charge in [0.15, 0.2) is 0 Å². The molecule has 0 bridgehead atoms. The highest BCUT2D eigenvalue weighted by molar-refractivity contribution is 5.76. The summed E-state index contributed by atoms with van der Waals surface area (Å²) < 4.78 is 0. The van der Waals surface area contributed by atoms with E-state index in [4.69, 9.17) is 0 Å². The third-order valence-corrected chi connectivity index (χ3v) is 3.57. The number of rotatable bonds is 7. The Hall–Kier alpha value is -0.570. The van der Waals surface area contributed by atoms with Gasteiger partial charge in [0.05, 0.1) is 0 Å². The number of hydrogen-bond donors (Lipinski definition) is 2. The summed E-state index contributed by atoms with van der Waals surface area (Å²) in [4.78, 5) is 11.7. The molecule has 1 saturated carbocycles. The SMILES string of the molecule is CCCNCCNC(=O)CC1CCCC(C)C1. The van der Waals surface area contributed by atoms with Crippen LogP contribution >= 0.6 is 0 Å². The first-order valence-corrected chi connectivity index (χ1v) is 7.19. The van der Waals surface area contributed by atoms with Crippen LogP contribution in [0.3, 0.4) is 0 Å². The second-order valence-electron chi connectivity index (χ2n) is 5.44. The van der Waals surface area contributed by atoms with Gasteiger partial charge in [-0.15, -0.1) is 0 Å². The minimum atomic E-state index is 0.238. The molecule has 2 unspecified atom stereocenters. The van der Waals surface area contributed by atoms with Crippen molar-refractivity contribution in [3.63, 3.8) is 0 Å². The summed E-state index contributed by atoms with van der Waals surface area (Å²) in [5.41, 5.74) is 0. The van der Waals surface area contributed by atoms with E-state index in [0.29, 0.717) is 5.92 Å². The molecule has 17 heavy (non-hydrogen) atoms. The summed E-state index contributed by atoms with van der Waals surface area (Å²) in [5, 5.41) is 6.29. The molecule has 0 radical (unpaired) electrons. The zero-order valence-electron chi connectivity index (χ0n) is 11.4. The predicted octanol–water partition coefficient (Wildman–Crippen LogP) is 2.32. The topological polar surface area (TPSA) is 41.1 Å². The van der Waals surface area contributed by atoms with Crippen molar-refractivity contribution in [1.29, 1.82) is 0 Å². The van der Waals surface area contributed by atoms with E-state index in [1.165, 1.54) is 25.7 Å². The van der Waals surface area contributed by atoms with E-state index < -0.39 is 0 Å². The van der Waals surface area contributed by atoms with Gasteiger partial charge >= 0.3 is 0 Å². The van der Waals surface area contributed by atoms with Crippen molar-refractivity contribution < 1.29 is 4.79 Å². The Bertz CT molecular complexity index is 218. The van der Waals surface area contributed by atoms with Crippen LogP contribution in [0.5, 0.6) is 0 Å². The van der Waals surface area contributed by atoms with Crippen molar-refractivity contribution in [1.82, 2.24) is 10.6 Å². The molecule has 2 atom stereocenters. The van der Waals surface area contributed by atoms with Crippen molar-refractivity contribution in [3.05, 3.63) is 0 Å². The van der Waals surface area contributed by atoms with E-state index in [-0.39, 0.29) is 5.91 Å². The zero-order valence-corrected chi connectivity index (χ0v) is 11.4. The van der Waals surface area contributed by atoms with E-state index in [0.717, 1.165) is 38.4 Å². The number of nitrogens with one attached hydrogen (secondary N) is 2. The minimum absolute atomic E-state index is 0.238. The van der Waals surface area contributed by atoms with Gasteiger partial charge in [-0.3, -0.25) is 4.79 Å². The van der Waals surface area contributed by atoms with Gasteiger partial charge < -0.3 is 10.6 Å². The van der Waals surface area contributed by atoms with E-state index in [1.807, 2.05) is 0 Å².